The Morgan fingerprint density at radius 1 is 1.35 bits per heavy atom. The van der Waals surface area contributed by atoms with E-state index in [4.69, 9.17) is 14.8 Å². The number of fused-ring (bicyclic) bond motifs is 1. The minimum atomic E-state index is 0.248. The number of aliphatic hydroxyl groups is 1. The van der Waals surface area contributed by atoms with E-state index in [9.17, 15) is 0 Å². The van der Waals surface area contributed by atoms with Crippen LogP contribution in [0.1, 0.15) is 25.5 Å². The highest BCUT2D eigenvalue weighted by Gasteiger charge is 2.24. The summed E-state index contributed by atoms with van der Waals surface area (Å²) in [5.41, 5.74) is 1.17. The first-order chi connectivity index (χ1) is 11.3. The maximum atomic E-state index is 9.04. The molecule has 0 radical (unpaired) electrons. The maximum Gasteiger partial charge on any atom is 0.205 e. The summed E-state index contributed by atoms with van der Waals surface area (Å²) in [6.07, 6.45) is 3.19. The molecule has 3 heterocycles. The number of imidazole rings is 1. The van der Waals surface area contributed by atoms with Gasteiger partial charge in [-0.25, -0.2) is 4.98 Å². The Bertz CT molecular complexity index is 497. The molecule has 0 spiro atoms. The minimum absolute atomic E-state index is 0.248. The first-order valence-electron chi connectivity index (χ1n) is 8.82. The molecule has 0 saturated carbocycles. The average molecular weight is 323 g/mol. The van der Waals surface area contributed by atoms with Crippen molar-refractivity contribution < 1.29 is 9.84 Å². The molecule has 3 N–H and O–H groups in total. The Balaban J connectivity index is 1.61. The van der Waals surface area contributed by atoms with Crippen LogP contribution in [0.4, 0.5) is 11.8 Å². The molecule has 1 saturated heterocycles. The lowest BCUT2D eigenvalue weighted by Crippen LogP contribution is -2.40. The first-order valence-corrected chi connectivity index (χ1v) is 8.82. The van der Waals surface area contributed by atoms with Gasteiger partial charge in [0.1, 0.15) is 5.82 Å². The molecule has 23 heavy (non-hydrogen) atoms. The van der Waals surface area contributed by atoms with Gasteiger partial charge >= 0.3 is 0 Å². The van der Waals surface area contributed by atoms with Gasteiger partial charge in [-0.1, -0.05) is 0 Å². The van der Waals surface area contributed by atoms with Crippen molar-refractivity contribution in [3.8, 4) is 0 Å². The molecule has 0 bridgehead atoms. The van der Waals surface area contributed by atoms with Crippen molar-refractivity contribution in [2.45, 2.75) is 38.8 Å². The van der Waals surface area contributed by atoms with E-state index in [1.165, 1.54) is 5.69 Å². The summed E-state index contributed by atoms with van der Waals surface area (Å²) in [5.74, 6) is 2.13. The number of nitrogens with one attached hydrogen (secondary N) is 2. The van der Waals surface area contributed by atoms with Gasteiger partial charge in [0.15, 0.2) is 0 Å². The molecular formula is C16H29N5O2. The molecule has 0 atom stereocenters. The van der Waals surface area contributed by atoms with Crippen LogP contribution >= 0.6 is 0 Å². The highest BCUT2D eigenvalue weighted by Crippen LogP contribution is 2.27. The summed E-state index contributed by atoms with van der Waals surface area (Å²) in [7, 11) is 0. The van der Waals surface area contributed by atoms with E-state index in [1.807, 2.05) is 6.92 Å². The van der Waals surface area contributed by atoms with Gasteiger partial charge < -0.3 is 25.4 Å². The highest BCUT2D eigenvalue weighted by atomic mass is 16.5. The van der Waals surface area contributed by atoms with Crippen LogP contribution in [0, 0.1) is 0 Å². The fraction of sp³-hybridized carbons (Fsp3) is 0.812. The van der Waals surface area contributed by atoms with Gasteiger partial charge in [-0.05, 0) is 19.8 Å². The third-order valence-corrected chi connectivity index (χ3v) is 4.69. The Kier molecular flexibility index (Phi) is 5.75. The number of piperidine rings is 1. The Labute approximate surface area is 138 Å². The zero-order chi connectivity index (χ0) is 16.1. The topological polar surface area (TPSA) is 74.6 Å². The van der Waals surface area contributed by atoms with Crippen LogP contribution in [-0.2, 0) is 17.7 Å². The molecule has 0 aliphatic carbocycles. The average Bonchev–Trinajstić information content (AvgIpc) is 3.12. The largest absolute Gasteiger partial charge is 0.395 e. The summed E-state index contributed by atoms with van der Waals surface area (Å²) in [6.45, 7) is 8.40. The molecular weight excluding hydrogens is 294 g/mol. The lowest BCUT2D eigenvalue weighted by atomic mass is 10.1. The Hall–Kier alpha value is -1.31. The lowest BCUT2D eigenvalue weighted by molar-refractivity contribution is 0.139. The number of rotatable bonds is 8. The van der Waals surface area contributed by atoms with Gasteiger partial charge in [-0.3, -0.25) is 4.57 Å². The molecule has 2 aliphatic rings. The number of hydrogen-bond acceptors (Lipinski definition) is 6. The molecule has 1 aromatic rings. The number of anilines is 2. The van der Waals surface area contributed by atoms with Crippen molar-refractivity contribution >= 4 is 11.8 Å². The lowest BCUT2D eigenvalue weighted by Gasteiger charge is -2.32. The number of ether oxygens (including phenoxy) is 1. The first kappa shape index (κ1) is 16.5. The van der Waals surface area contributed by atoms with E-state index >= 15 is 0 Å². The number of hydrogen-bond donors (Lipinski definition) is 3. The SMILES string of the molecule is CCOCCn1c(NC2CCN(CCO)CC2)nc2c1NCC2. The van der Waals surface area contributed by atoms with Crippen LogP contribution in [0.5, 0.6) is 0 Å². The summed E-state index contributed by atoms with van der Waals surface area (Å²) >= 11 is 0. The smallest absolute Gasteiger partial charge is 0.205 e. The zero-order valence-corrected chi connectivity index (χ0v) is 14.1. The van der Waals surface area contributed by atoms with Gasteiger partial charge in [-0.2, -0.15) is 0 Å². The van der Waals surface area contributed by atoms with Crippen molar-refractivity contribution in [2.24, 2.45) is 0 Å². The molecule has 130 valence electrons. The van der Waals surface area contributed by atoms with E-state index in [-0.39, 0.29) is 6.61 Å². The summed E-state index contributed by atoms with van der Waals surface area (Å²) in [5, 5.41) is 16.1. The summed E-state index contributed by atoms with van der Waals surface area (Å²) < 4.78 is 7.75. The predicted molar refractivity (Wildman–Crippen MR) is 91.1 cm³/mol. The van der Waals surface area contributed by atoms with Crippen LogP contribution in [0.25, 0.3) is 0 Å². The summed E-state index contributed by atoms with van der Waals surface area (Å²) in [4.78, 5) is 7.12. The van der Waals surface area contributed by atoms with Gasteiger partial charge in [0.05, 0.1) is 25.5 Å². The molecule has 3 rings (SSSR count). The van der Waals surface area contributed by atoms with Crippen molar-refractivity contribution in [3.05, 3.63) is 5.69 Å². The van der Waals surface area contributed by atoms with Gasteiger partial charge in [0.25, 0.3) is 0 Å². The fourth-order valence-corrected chi connectivity index (χ4v) is 3.43. The number of aromatic nitrogens is 2. The van der Waals surface area contributed by atoms with Crippen LogP contribution in [0.15, 0.2) is 0 Å². The second-order valence-corrected chi connectivity index (χ2v) is 6.24. The van der Waals surface area contributed by atoms with E-state index in [2.05, 4.69) is 20.1 Å². The minimum Gasteiger partial charge on any atom is -0.395 e. The predicted octanol–water partition coefficient (Wildman–Crippen LogP) is 0.756. The normalized spacial score (nSPS) is 18.9. The fourth-order valence-electron chi connectivity index (χ4n) is 3.43. The third kappa shape index (κ3) is 3.97. The Morgan fingerprint density at radius 2 is 2.17 bits per heavy atom. The van der Waals surface area contributed by atoms with Gasteiger partial charge in [-0.15, -0.1) is 0 Å². The van der Waals surface area contributed by atoms with E-state index in [0.717, 1.165) is 70.4 Å². The molecule has 0 aromatic carbocycles. The number of aliphatic hydroxyl groups excluding tert-OH is 1. The maximum absolute atomic E-state index is 9.04. The van der Waals surface area contributed by atoms with Crippen LogP contribution < -0.4 is 10.6 Å². The van der Waals surface area contributed by atoms with Gasteiger partial charge in [0.2, 0.25) is 5.95 Å². The monoisotopic (exact) mass is 323 g/mol. The van der Waals surface area contributed by atoms with Crippen molar-refractivity contribution in [2.75, 3.05) is 56.6 Å². The third-order valence-electron chi connectivity index (χ3n) is 4.69. The van der Waals surface area contributed by atoms with E-state index in [0.29, 0.717) is 12.6 Å². The molecule has 0 amide bonds. The number of β-amino-alcohol motifs (C(OH)–C–C–N with tert-alkyl or cyclic N) is 1. The van der Waals surface area contributed by atoms with Crippen LogP contribution in [0.3, 0.4) is 0 Å². The van der Waals surface area contributed by atoms with E-state index in [1.54, 1.807) is 0 Å². The standard InChI is InChI=1S/C16H29N5O2/c1-2-23-12-10-21-15-14(3-6-17-15)19-16(21)18-13-4-7-20(8-5-13)9-11-22/h13,17,22H,2-12H2,1H3,(H,18,19). The van der Waals surface area contributed by atoms with Crippen molar-refractivity contribution in [1.29, 1.82) is 0 Å². The van der Waals surface area contributed by atoms with Crippen LogP contribution in [0.2, 0.25) is 0 Å². The number of likely N-dealkylation sites (tertiary alicyclic amines) is 1. The van der Waals surface area contributed by atoms with Crippen molar-refractivity contribution in [1.82, 2.24) is 14.5 Å². The zero-order valence-electron chi connectivity index (χ0n) is 14.1. The molecule has 7 nitrogen and oxygen atoms in total. The van der Waals surface area contributed by atoms with Crippen molar-refractivity contribution in [3.63, 3.8) is 0 Å². The molecule has 0 unspecified atom stereocenters. The summed E-state index contributed by atoms with van der Waals surface area (Å²) in [6, 6.07) is 0.457. The van der Waals surface area contributed by atoms with E-state index < -0.39 is 0 Å². The second-order valence-electron chi connectivity index (χ2n) is 6.24. The quantitative estimate of drug-likeness (QED) is 0.613. The van der Waals surface area contributed by atoms with Gasteiger partial charge in [0, 0.05) is 45.2 Å². The highest BCUT2D eigenvalue weighted by molar-refractivity contribution is 5.54. The molecule has 1 aromatic heterocycles. The molecule has 7 heteroatoms. The molecule has 2 aliphatic heterocycles. The number of nitrogens with zero attached hydrogens (tertiary/aromatic N) is 3. The second kappa shape index (κ2) is 7.99. The van der Waals surface area contributed by atoms with Crippen LogP contribution in [-0.4, -0.2) is 71.6 Å². The molecule has 1 fully saturated rings. The Morgan fingerprint density at radius 3 is 2.91 bits per heavy atom.